The third-order valence-electron chi connectivity index (χ3n) is 6.18. The van der Waals surface area contributed by atoms with Gasteiger partial charge in [-0.1, -0.05) is 72.8 Å². The molecule has 4 nitrogen and oxygen atoms in total. The number of hydrogen-bond donors (Lipinski definition) is 2. The summed E-state index contributed by atoms with van der Waals surface area (Å²) >= 11 is 0. The second kappa shape index (κ2) is 8.01. The van der Waals surface area contributed by atoms with Crippen molar-refractivity contribution in [2.45, 2.75) is 18.8 Å². The summed E-state index contributed by atoms with van der Waals surface area (Å²) < 4.78 is 0. The number of amides is 1. The zero-order chi connectivity index (χ0) is 19.5. The molecule has 0 heterocycles. The minimum Gasteiger partial charge on any atom is -0.481 e. The molecule has 0 saturated heterocycles. The second-order valence-corrected chi connectivity index (χ2v) is 7.79. The lowest BCUT2D eigenvalue weighted by Gasteiger charge is -2.24. The Balaban J connectivity index is 1.43. The van der Waals surface area contributed by atoms with E-state index in [1.807, 2.05) is 48.6 Å². The van der Waals surface area contributed by atoms with Crippen LogP contribution < -0.4 is 5.32 Å². The maximum atomic E-state index is 12.8. The maximum absolute atomic E-state index is 12.8. The molecule has 1 saturated carbocycles. The van der Waals surface area contributed by atoms with Gasteiger partial charge in [-0.15, -0.1) is 0 Å². The molecule has 1 fully saturated rings. The lowest BCUT2D eigenvalue weighted by molar-refractivity contribution is -0.147. The summed E-state index contributed by atoms with van der Waals surface area (Å²) in [6, 6.07) is 20.6. The van der Waals surface area contributed by atoms with E-state index < -0.39 is 17.8 Å². The van der Waals surface area contributed by atoms with Crippen LogP contribution in [0.25, 0.3) is 0 Å². The molecular formula is C24H25NO3. The summed E-state index contributed by atoms with van der Waals surface area (Å²) in [4.78, 5) is 24.4. The Morgan fingerprint density at radius 3 is 1.96 bits per heavy atom. The van der Waals surface area contributed by atoms with Gasteiger partial charge in [-0.3, -0.25) is 9.59 Å². The average Bonchev–Trinajstić information content (AvgIpc) is 3.34. The monoisotopic (exact) mass is 375 g/mol. The molecule has 4 rings (SSSR count). The Hall–Kier alpha value is -2.88. The fourth-order valence-electron chi connectivity index (χ4n) is 4.87. The van der Waals surface area contributed by atoms with Crippen molar-refractivity contribution in [3.63, 3.8) is 0 Å². The van der Waals surface area contributed by atoms with Crippen LogP contribution in [-0.2, 0) is 9.59 Å². The van der Waals surface area contributed by atoms with Crippen molar-refractivity contribution < 1.29 is 14.7 Å². The normalized spacial score (nSPS) is 25.2. The first-order valence-corrected chi connectivity index (χ1v) is 9.94. The molecule has 1 amide bonds. The van der Waals surface area contributed by atoms with Crippen molar-refractivity contribution in [1.82, 2.24) is 5.32 Å². The Morgan fingerprint density at radius 1 is 0.893 bits per heavy atom. The number of carboxylic acid groups (broad SMARTS) is 1. The Morgan fingerprint density at radius 2 is 1.43 bits per heavy atom. The fraction of sp³-hybridized carbons (Fsp3) is 0.333. The first-order chi connectivity index (χ1) is 13.6. The predicted molar refractivity (Wildman–Crippen MR) is 108 cm³/mol. The number of benzene rings is 2. The molecule has 4 heteroatoms. The molecule has 2 aliphatic rings. The van der Waals surface area contributed by atoms with Gasteiger partial charge in [0.2, 0.25) is 5.91 Å². The second-order valence-electron chi connectivity index (χ2n) is 7.79. The van der Waals surface area contributed by atoms with Gasteiger partial charge in [-0.2, -0.15) is 0 Å². The number of carbonyl (C=O) groups excluding carboxylic acids is 1. The number of allylic oxidation sites excluding steroid dienone is 2. The van der Waals surface area contributed by atoms with E-state index in [0.29, 0.717) is 6.54 Å². The third-order valence-corrected chi connectivity index (χ3v) is 6.18. The number of nitrogens with one attached hydrogen (secondary N) is 1. The smallest absolute Gasteiger partial charge is 0.307 e. The number of carbonyl (C=O) groups is 2. The minimum absolute atomic E-state index is 0.000337. The molecule has 2 N–H and O–H groups in total. The van der Waals surface area contributed by atoms with E-state index >= 15 is 0 Å². The molecular weight excluding hydrogens is 350 g/mol. The Labute approximate surface area is 165 Å². The van der Waals surface area contributed by atoms with Gasteiger partial charge < -0.3 is 10.4 Å². The largest absolute Gasteiger partial charge is 0.481 e. The summed E-state index contributed by atoms with van der Waals surface area (Å²) in [7, 11) is 0. The summed E-state index contributed by atoms with van der Waals surface area (Å²) in [6.45, 7) is 0.525. The highest BCUT2D eigenvalue weighted by Crippen LogP contribution is 2.48. The van der Waals surface area contributed by atoms with E-state index in [9.17, 15) is 14.7 Å². The highest BCUT2D eigenvalue weighted by molar-refractivity contribution is 5.86. The van der Waals surface area contributed by atoms with Crippen molar-refractivity contribution in [3.8, 4) is 0 Å². The topological polar surface area (TPSA) is 66.4 Å². The van der Waals surface area contributed by atoms with Crippen molar-refractivity contribution in [2.75, 3.05) is 6.54 Å². The van der Waals surface area contributed by atoms with Crippen LogP contribution >= 0.6 is 0 Å². The fourth-order valence-corrected chi connectivity index (χ4v) is 4.87. The highest BCUT2D eigenvalue weighted by atomic mass is 16.4. The summed E-state index contributed by atoms with van der Waals surface area (Å²) in [5.74, 6) is -1.76. The van der Waals surface area contributed by atoms with Crippen LogP contribution in [0.3, 0.4) is 0 Å². The number of hydrogen-bond acceptors (Lipinski definition) is 2. The van der Waals surface area contributed by atoms with E-state index in [1.165, 1.54) is 11.1 Å². The third kappa shape index (κ3) is 3.59. The average molecular weight is 375 g/mol. The summed E-state index contributed by atoms with van der Waals surface area (Å²) in [5, 5.41) is 12.6. The number of aliphatic carboxylic acids is 1. The SMILES string of the molecule is O=C(O)[C@@H]1[C@H](C(=O)NCCC(c2ccccc2)c2ccccc2)[C@@H]2C=C[C@H]1C2. The van der Waals surface area contributed by atoms with Gasteiger partial charge in [0.25, 0.3) is 0 Å². The molecule has 4 atom stereocenters. The number of rotatable bonds is 7. The van der Waals surface area contributed by atoms with E-state index in [1.54, 1.807) is 0 Å². The molecule has 0 radical (unpaired) electrons. The van der Waals surface area contributed by atoms with Crippen LogP contribution in [0.2, 0.25) is 0 Å². The van der Waals surface area contributed by atoms with Crippen LogP contribution in [0.15, 0.2) is 72.8 Å². The van der Waals surface area contributed by atoms with Gasteiger partial charge >= 0.3 is 5.97 Å². The standard InChI is InChI=1S/C24H25NO3/c26-23(21-18-11-12-19(15-18)22(21)24(27)28)25-14-13-20(16-7-3-1-4-8-16)17-9-5-2-6-10-17/h1-12,18-22H,13-15H2,(H,25,26)(H,27,28)/t18-,19+,21-,22+/m1/s1. The zero-order valence-corrected chi connectivity index (χ0v) is 15.7. The molecule has 2 bridgehead atoms. The Bertz CT molecular complexity index is 822. The van der Waals surface area contributed by atoms with E-state index in [2.05, 4.69) is 29.6 Å². The molecule has 144 valence electrons. The van der Waals surface area contributed by atoms with Gasteiger partial charge in [0.1, 0.15) is 0 Å². The first-order valence-electron chi connectivity index (χ1n) is 9.94. The number of fused-ring (bicyclic) bond motifs is 2. The van der Waals surface area contributed by atoms with Crippen LogP contribution in [0, 0.1) is 23.7 Å². The van der Waals surface area contributed by atoms with Crippen LogP contribution in [-0.4, -0.2) is 23.5 Å². The van der Waals surface area contributed by atoms with Gasteiger partial charge in [-0.05, 0) is 35.8 Å². The van der Waals surface area contributed by atoms with Gasteiger partial charge in [0.05, 0.1) is 11.8 Å². The lowest BCUT2D eigenvalue weighted by Crippen LogP contribution is -2.40. The molecule has 2 aromatic rings. The Kier molecular flexibility index (Phi) is 5.29. The molecule has 2 aromatic carbocycles. The maximum Gasteiger partial charge on any atom is 0.307 e. The molecule has 0 aromatic heterocycles. The van der Waals surface area contributed by atoms with Crippen LogP contribution in [0.4, 0.5) is 0 Å². The first kappa shape index (κ1) is 18.5. The molecule has 0 spiro atoms. The van der Waals surface area contributed by atoms with Crippen molar-refractivity contribution >= 4 is 11.9 Å². The van der Waals surface area contributed by atoms with E-state index in [-0.39, 0.29) is 23.7 Å². The quantitative estimate of drug-likeness (QED) is 0.723. The highest BCUT2D eigenvalue weighted by Gasteiger charge is 2.51. The van der Waals surface area contributed by atoms with Gasteiger partial charge in [-0.25, -0.2) is 0 Å². The van der Waals surface area contributed by atoms with Crippen LogP contribution in [0.1, 0.15) is 29.9 Å². The summed E-state index contributed by atoms with van der Waals surface area (Å²) in [5.41, 5.74) is 2.43. The van der Waals surface area contributed by atoms with Crippen molar-refractivity contribution in [3.05, 3.63) is 83.9 Å². The van der Waals surface area contributed by atoms with E-state index in [4.69, 9.17) is 0 Å². The molecule has 0 unspecified atom stereocenters. The lowest BCUT2D eigenvalue weighted by atomic mass is 9.82. The molecule has 2 aliphatic carbocycles. The zero-order valence-electron chi connectivity index (χ0n) is 15.7. The van der Waals surface area contributed by atoms with Crippen molar-refractivity contribution in [1.29, 1.82) is 0 Å². The van der Waals surface area contributed by atoms with Gasteiger partial charge in [0.15, 0.2) is 0 Å². The summed E-state index contributed by atoms with van der Waals surface area (Å²) in [6.07, 6.45) is 5.54. The minimum atomic E-state index is -0.858. The van der Waals surface area contributed by atoms with Gasteiger partial charge in [0, 0.05) is 12.5 Å². The van der Waals surface area contributed by atoms with Crippen LogP contribution in [0.5, 0.6) is 0 Å². The molecule has 28 heavy (non-hydrogen) atoms. The van der Waals surface area contributed by atoms with E-state index in [0.717, 1.165) is 12.8 Å². The van der Waals surface area contributed by atoms with Crippen molar-refractivity contribution in [2.24, 2.45) is 23.7 Å². The molecule has 0 aliphatic heterocycles. The number of carboxylic acids is 1. The predicted octanol–water partition coefficient (Wildman–Crippen LogP) is 3.85.